The van der Waals surface area contributed by atoms with Crippen LogP contribution in [0.5, 0.6) is 5.75 Å². The van der Waals surface area contributed by atoms with Gasteiger partial charge in [-0.25, -0.2) is 13.8 Å². The van der Waals surface area contributed by atoms with E-state index in [1.165, 1.54) is 24.3 Å². The summed E-state index contributed by atoms with van der Waals surface area (Å²) < 4.78 is 35.9. The van der Waals surface area contributed by atoms with Crippen LogP contribution in [0, 0.1) is 11.6 Å². The SMILES string of the molecule is C=CC(=O)N1CCN2Cc3cc(F)c(-c4ccc(F)c5sc(N)nc45)c(Cl)c3OCC2C1. The van der Waals surface area contributed by atoms with Crippen LogP contribution in [0.2, 0.25) is 5.02 Å². The van der Waals surface area contributed by atoms with Crippen LogP contribution < -0.4 is 10.5 Å². The number of rotatable bonds is 2. The molecule has 1 fully saturated rings. The summed E-state index contributed by atoms with van der Waals surface area (Å²) in [5, 5.41) is 0.294. The maximum atomic E-state index is 15.4. The van der Waals surface area contributed by atoms with E-state index in [0.717, 1.165) is 11.3 Å². The van der Waals surface area contributed by atoms with Crippen molar-refractivity contribution >= 4 is 44.2 Å². The van der Waals surface area contributed by atoms with Gasteiger partial charge in [0.25, 0.3) is 0 Å². The summed E-state index contributed by atoms with van der Waals surface area (Å²) in [5.41, 5.74) is 7.11. The second kappa shape index (κ2) is 7.99. The number of piperazine rings is 1. The molecule has 0 saturated carbocycles. The van der Waals surface area contributed by atoms with Gasteiger partial charge in [0.15, 0.2) is 5.13 Å². The minimum atomic E-state index is -0.546. The van der Waals surface area contributed by atoms with Gasteiger partial charge in [-0.1, -0.05) is 29.5 Å². The number of anilines is 1. The third-order valence-corrected chi connectivity index (χ3v) is 7.17. The lowest BCUT2D eigenvalue weighted by molar-refractivity contribution is -0.129. The summed E-state index contributed by atoms with van der Waals surface area (Å²) in [4.78, 5) is 20.1. The van der Waals surface area contributed by atoms with E-state index in [-0.39, 0.29) is 37.9 Å². The first-order valence-corrected chi connectivity index (χ1v) is 11.2. The van der Waals surface area contributed by atoms with Crippen molar-refractivity contribution in [3.05, 3.63) is 53.1 Å². The average molecular weight is 477 g/mol. The largest absolute Gasteiger partial charge is 0.490 e. The molecule has 0 spiro atoms. The zero-order valence-corrected chi connectivity index (χ0v) is 18.5. The van der Waals surface area contributed by atoms with Crippen LogP contribution >= 0.6 is 22.9 Å². The summed E-state index contributed by atoms with van der Waals surface area (Å²) in [6.07, 6.45) is 1.30. The molecule has 1 atom stereocenters. The molecule has 3 heterocycles. The summed E-state index contributed by atoms with van der Waals surface area (Å²) in [6, 6.07) is 4.05. The van der Waals surface area contributed by atoms with Gasteiger partial charge in [-0.3, -0.25) is 9.69 Å². The first kappa shape index (κ1) is 21.1. The van der Waals surface area contributed by atoms with Gasteiger partial charge in [-0.15, -0.1) is 0 Å². The fourth-order valence-corrected chi connectivity index (χ4v) is 5.48. The number of amides is 1. The van der Waals surface area contributed by atoms with E-state index in [2.05, 4.69) is 16.5 Å². The van der Waals surface area contributed by atoms with Gasteiger partial charge >= 0.3 is 0 Å². The molecule has 0 aliphatic carbocycles. The predicted octanol–water partition coefficient (Wildman–Crippen LogP) is 4.07. The standard InChI is InChI=1S/C22H19ClF2N4O2S/c1-2-16(30)29-6-5-28-8-11-7-15(25)17(18(23)20(11)31-10-12(28)9-29)13-3-4-14(24)21-19(13)27-22(26)32-21/h2-4,7,12H,1,5-6,8-10H2,(H2,26,27). The Hall–Kier alpha value is -2.75. The number of carbonyl (C=O) groups is 1. The highest BCUT2D eigenvalue weighted by Crippen LogP contribution is 2.45. The van der Waals surface area contributed by atoms with Crippen LogP contribution in [0.25, 0.3) is 21.3 Å². The molecule has 3 aromatic rings. The van der Waals surface area contributed by atoms with Crippen molar-refractivity contribution in [2.24, 2.45) is 0 Å². The molecular formula is C22H19ClF2N4O2S. The van der Waals surface area contributed by atoms with Crippen LogP contribution in [0.15, 0.2) is 30.9 Å². The Bertz CT molecular complexity index is 1260. The minimum absolute atomic E-state index is 0.0569. The minimum Gasteiger partial charge on any atom is -0.490 e. The molecule has 1 unspecified atom stereocenters. The summed E-state index contributed by atoms with van der Waals surface area (Å²) in [5.74, 6) is -0.757. The van der Waals surface area contributed by atoms with Gasteiger partial charge in [0, 0.05) is 42.9 Å². The number of hydrogen-bond donors (Lipinski definition) is 1. The van der Waals surface area contributed by atoms with E-state index >= 15 is 4.39 Å². The molecule has 0 bridgehead atoms. The van der Waals surface area contributed by atoms with Crippen molar-refractivity contribution in [3.63, 3.8) is 0 Å². The maximum Gasteiger partial charge on any atom is 0.246 e. The first-order chi connectivity index (χ1) is 15.4. The highest BCUT2D eigenvalue weighted by molar-refractivity contribution is 7.22. The number of aromatic nitrogens is 1. The number of carbonyl (C=O) groups excluding carboxylic acids is 1. The van der Waals surface area contributed by atoms with Gasteiger partial charge in [0.1, 0.15) is 24.0 Å². The van der Waals surface area contributed by atoms with E-state index in [0.29, 0.717) is 49.7 Å². The van der Waals surface area contributed by atoms with Crippen molar-refractivity contribution in [2.75, 3.05) is 32.0 Å². The Morgan fingerprint density at radius 1 is 1.34 bits per heavy atom. The average Bonchev–Trinajstić information content (AvgIpc) is 3.07. The Balaban J connectivity index is 1.55. The maximum absolute atomic E-state index is 15.4. The molecule has 2 aliphatic heterocycles. The van der Waals surface area contributed by atoms with Crippen molar-refractivity contribution < 1.29 is 18.3 Å². The monoisotopic (exact) mass is 476 g/mol. The Morgan fingerprint density at radius 3 is 2.94 bits per heavy atom. The van der Waals surface area contributed by atoms with Crippen LogP contribution in [0.3, 0.4) is 0 Å². The number of thiazole rings is 1. The van der Waals surface area contributed by atoms with Crippen molar-refractivity contribution in [2.45, 2.75) is 12.6 Å². The number of benzene rings is 2. The van der Waals surface area contributed by atoms with Gasteiger partial charge in [0.05, 0.1) is 21.3 Å². The third-order valence-electron chi connectivity index (χ3n) is 5.92. The quantitative estimate of drug-likeness (QED) is 0.564. The number of nitrogen functional groups attached to an aromatic ring is 1. The van der Waals surface area contributed by atoms with E-state index < -0.39 is 11.6 Å². The van der Waals surface area contributed by atoms with Gasteiger partial charge in [-0.2, -0.15) is 0 Å². The lowest BCUT2D eigenvalue weighted by Crippen LogP contribution is -2.55. The molecular weight excluding hydrogens is 458 g/mol. The second-order valence-corrected chi connectivity index (χ2v) is 9.19. The zero-order valence-electron chi connectivity index (χ0n) is 16.9. The first-order valence-electron chi connectivity index (χ1n) is 10.0. The highest BCUT2D eigenvalue weighted by Gasteiger charge is 2.34. The van der Waals surface area contributed by atoms with Crippen LogP contribution in [0.1, 0.15) is 5.56 Å². The van der Waals surface area contributed by atoms with Gasteiger partial charge in [-0.05, 0) is 24.3 Å². The normalized spacial score (nSPS) is 18.6. The number of halogens is 3. The molecule has 5 rings (SSSR count). The molecule has 1 saturated heterocycles. The van der Waals surface area contributed by atoms with E-state index in [4.69, 9.17) is 22.1 Å². The lowest BCUT2D eigenvalue weighted by atomic mass is 10.0. The van der Waals surface area contributed by atoms with Crippen molar-refractivity contribution in [1.82, 2.24) is 14.8 Å². The lowest BCUT2D eigenvalue weighted by Gasteiger charge is -2.39. The molecule has 2 aromatic carbocycles. The van der Waals surface area contributed by atoms with Crippen LogP contribution in [-0.2, 0) is 11.3 Å². The number of nitrogens with zero attached hydrogens (tertiary/aromatic N) is 3. The smallest absolute Gasteiger partial charge is 0.246 e. The molecule has 0 radical (unpaired) electrons. The third kappa shape index (κ3) is 3.41. The van der Waals surface area contributed by atoms with E-state index in [9.17, 15) is 9.18 Å². The predicted molar refractivity (Wildman–Crippen MR) is 121 cm³/mol. The Kier molecular flexibility index (Phi) is 5.27. The summed E-state index contributed by atoms with van der Waals surface area (Å²) in [6.45, 7) is 5.96. The number of hydrogen-bond acceptors (Lipinski definition) is 6. The number of ether oxygens (including phenoxy) is 1. The molecule has 166 valence electrons. The Morgan fingerprint density at radius 2 is 2.16 bits per heavy atom. The number of fused-ring (bicyclic) bond motifs is 3. The molecule has 32 heavy (non-hydrogen) atoms. The zero-order chi connectivity index (χ0) is 22.6. The Labute approximate surface area is 191 Å². The van der Waals surface area contributed by atoms with Crippen molar-refractivity contribution in [1.29, 1.82) is 0 Å². The molecule has 1 amide bonds. The summed E-state index contributed by atoms with van der Waals surface area (Å²) >= 11 is 7.67. The number of nitrogens with two attached hydrogens (primary N) is 1. The molecule has 10 heteroatoms. The topological polar surface area (TPSA) is 71.7 Å². The molecule has 6 nitrogen and oxygen atoms in total. The highest BCUT2D eigenvalue weighted by atomic mass is 35.5. The second-order valence-electron chi connectivity index (χ2n) is 7.78. The van der Waals surface area contributed by atoms with E-state index in [1.807, 2.05) is 0 Å². The van der Waals surface area contributed by atoms with Crippen molar-refractivity contribution in [3.8, 4) is 16.9 Å². The van der Waals surface area contributed by atoms with Crippen LogP contribution in [-0.4, -0.2) is 53.0 Å². The van der Waals surface area contributed by atoms with E-state index in [1.54, 1.807) is 4.90 Å². The van der Waals surface area contributed by atoms with Crippen LogP contribution in [0.4, 0.5) is 13.9 Å². The molecule has 2 N–H and O–H groups in total. The van der Waals surface area contributed by atoms with Gasteiger partial charge < -0.3 is 15.4 Å². The fraction of sp³-hybridized carbons (Fsp3) is 0.273. The molecule has 2 aliphatic rings. The van der Waals surface area contributed by atoms with Gasteiger partial charge in [0.2, 0.25) is 5.91 Å². The molecule has 1 aromatic heterocycles. The summed E-state index contributed by atoms with van der Waals surface area (Å²) in [7, 11) is 0. The fourth-order valence-electron chi connectivity index (χ4n) is 4.35.